The number of aromatic hydroxyl groups is 1. The molecule has 1 aromatic carbocycles. The number of phenolic OH excluding ortho intramolecular Hbond substituents is 1. The third-order valence-electron chi connectivity index (χ3n) is 4.26. The van der Waals surface area contributed by atoms with Crippen LogP contribution < -0.4 is 5.32 Å². The molecule has 140 valence electrons. The second kappa shape index (κ2) is 6.86. The van der Waals surface area contributed by atoms with E-state index in [1.165, 1.54) is 0 Å². The summed E-state index contributed by atoms with van der Waals surface area (Å²) in [5.74, 6) is 0.125. The number of benzene rings is 1. The number of anilines is 1. The van der Waals surface area contributed by atoms with Gasteiger partial charge in [-0.3, -0.25) is 4.79 Å². The van der Waals surface area contributed by atoms with Crippen molar-refractivity contribution in [2.24, 2.45) is 5.41 Å². The van der Waals surface area contributed by atoms with E-state index in [9.17, 15) is 9.90 Å². The maximum absolute atomic E-state index is 12.1. The van der Waals surface area contributed by atoms with Crippen molar-refractivity contribution >= 4 is 11.6 Å². The first-order valence-corrected chi connectivity index (χ1v) is 8.89. The lowest BCUT2D eigenvalue weighted by Crippen LogP contribution is -2.26. The number of hydrogen-bond donors (Lipinski definition) is 2. The SMILES string of the molecule is C=C(C)C(=O)Nc1cc(C(C)(C)C)c(O)c(C(C)(C)CC(C)(C)C)c1. The molecule has 1 rings (SSSR count). The van der Waals surface area contributed by atoms with Crippen LogP contribution in [0.2, 0.25) is 0 Å². The predicted octanol–water partition coefficient (Wildman–Crippen LogP) is 5.92. The van der Waals surface area contributed by atoms with E-state index in [-0.39, 0.29) is 22.2 Å². The summed E-state index contributed by atoms with van der Waals surface area (Å²) in [4.78, 5) is 12.1. The summed E-state index contributed by atoms with van der Waals surface area (Å²) in [5.41, 5.74) is 2.52. The largest absolute Gasteiger partial charge is 0.507 e. The van der Waals surface area contributed by atoms with Gasteiger partial charge < -0.3 is 10.4 Å². The molecule has 0 radical (unpaired) electrons. The van der Waals surface area contributed by atoms with Crippen LogP contribution in [0.4, 0.5) is 5.69 Å². The molecule has 0 saturated heterocycles. The monoisotopic (exact) mass is 345 g/mol. The van der Waals surface area contributed by atoms with Gasteiger partial charge in [-0.2, -0.15) is 0 Å². The maximum atomic E-state index is 12.1. The van der Waals surface area contributed by atoms with Crippen LogP contribution in [0.1, 0.15) is 79.9 Å². The van der Waals surface area contributed by atoms with Crippen molar-refractivity contribution in [1.82, 2.24) is 0 Å². The Morgan fingerprint density at radius 1 is 1.04 bits per heavy atom. The van der Waals surface area contributed by atoms with Crippen LogP contribution in [0.3, 0.4) is 0 Å². The lowest BCUT2D eigenvalue weighted by Gasteiger charge is -2.35. The summed E-state index contributed by atoms with van der Waals surface area (Å²) in [6, 6.07) is 3.77. The van der Waals surface area contributed by atoms with Crippen molar-refractivity contribution in [3.05, 3.63) is 35.4 Å². The summed E-state index contributed by atoms with van der Waals surface area (Å²) in [5, 5.41) is 13.9. The second-order valence-electron chi connectivity index (χ2n) is 10.0. The van der Waals surface area contributed by atoms with Gasteiger partial charge in [0, 0.05) is 22.4 Å². The lowest BCUT2D eigenvalue weighted by atomic mass is 9.70. The quantitative estimate of drug-likeness (QED) is 0.526. The standard InChI is InChI=1S/C22H35NO2/c1-14(2)19(25)23-15-11-16(21(6,7)8)18(24)17(12-15)22(9,10)13-20(3,4)5/h11-12,24H,1,13H2,2-10H3,(H,23,25). The van der Waals surface area contributed by atoms with Crippen molar-refractivity contribution in [2.75, 3.05) is 5.32 Å². The molecule has 0 heterocycles. The first kappa shape index (κ1) is 21.3. The van der Waals surface area contributed by atoms with Gasteiger partial charge in [-0.1, -0.05) is 62.0 Å². The number of nitrogens with one attached hydrogen (secondary N) is 1. The Morgan fingerprint density at radius 2 is 1.52 bits per heavy atom. The molecular formula is C22H35NO2. The van der Waals surface area contributed by atoms with E-state index < -0.39 is 0 Å². The van der Waals surface area contributed by atoms with Gasteiger partial charge in [0.15, 0.2) is 0 Å². The molecule has 0 fully saturated rings. The Labute approximate surface area is 153 Å². The summed E-state index contributed by atoms with van der Waals surface area (Å²) in [7, 11) is 0. The Kier molecular flexibility index (Phi) is 5.83. The normalized spacial score (nSPS) is 12.8. The van der Waals surface area contributed by atoms with E-state index in [1.54, 1.807) is 6.92 Å². The molecule has 1 amide bonds. The molecule has 0 bridgehead atoms. The molecule has 0 aromatic heterocycles. The van der Waals surface area contributed by atoms with Gasteiger partial charge in [0.05, 0.1) is 0 Å². The summed E-state index contributed by atoms with van der Waals surface area (Å²) in [6.45, 7) is 22.4. The molecule has 2 N–H and O–H groups in total. The maximum Gasteiger partial charge on any atom is 0.250 e. The third kappa shape index (κ3) is 5.62. The van der Waals surface area contributed by atoms with Crippen LogP contribution in [0, 0.1) is 5.41 Å². The smallest absolute Gasteiger partial charge is 0.250 e. The van der Waals surface area contributed by atoms with Crippen molar-refractivity contribution in [2.45, 2.75) is 79.6 Å². The second-order valence-corrected chi connectivity index (χ2v) is 10.0. The highest BCUT2D eigenvalue weighted by Crippen LogP contribution is 2.45. The van der Waals surface area contributed by atoms with E-state index in [1.807, 2.05) is 12.1 Å². The molecule has 0 unspecified atom stereocenters. The highest BCUT2D eigenvalue weighted by Gasteiger charge is 2.32. The highest BCUT2D eigenvalue weighted by molar-refractivity contribution is 6.03. The van der Waals surface area contributed by atoms with E-state index >= 15 is 0 Å². The fraction of sp³-hybridized carbons (Fsp3) is 0.591. The minimum absolute atomic E-state index is 0.120. The molecule has 1 aromatic rings. The Morgan fingerprint density at radius 3 is 1.92 bits per heavy atom. The fourth-order valence-corrected chi connectivity index (χ4v) is 3.45. The van der Waals surface area contributed by atoms with E-state index in [0.717, 1.165) is 17.5 Å². The first-order valence-electron chi connectivity index (χ1n) is 8.89. The number of hydrogen-bond acceptors (Lipinski definition) is 2. The van der Waals surface area contributed by atoms with Crippen molar-refractivity contribution in [3.8, 4) is 5.75 Å². The average molecular weight is 346 g/mol. The third-order valence-corrected chi connectivity index (χ3v) is 4.26. The summed E-state index contributed by atoms with van der Waals surface area (Å²) < 4.78 is 0. The zero-order valence-corrected chi connectivity index (χ0v) is 17.4. The summed E-state index contributed by atoms with van der Waals surface area (Å²) in [6.07, 6.45) is 0.912. The van der Waals surface area contributed by atoms with Crippen LogP contribution in [-0.2, 0) is 15.6 Å². The van der Waals surface area contributed by atoms with Gasteiger partial charge in [-0.15, -0.1) is 0 Å². The van der Waals surface area contributed by atoms with Crippen molar-refractivity contribution < 1.29 is 9.90 Å². The first-order chi connectivity index (χ1) is 11.0. The highest BCUT2D eigenvalue weighted by atomic mass is 16.3. The number of amides is 1. The molecule has 3 nitrogen and oxygen atoms in total. The van der Waals surface area contributed by atoms with Gasteiger partial charge >= 0.3 is 0 Å². The zero-order chi connectivity index (χ0) is 19.8. The molecule has 0 aliphatic heterocycles. The van der Waals surface area contributed by atoms with Gasteiger partial charge in [0.25, 0.3) is 5.91 Å². The average Bonchev–Trinajstić information content (AvgIpc) is 2.35. The minimum Gasteiger partial charge on any atom is -0.507 e. The fourth-order valence-electron chi connectivity index (χ4n) is 3.45. The molecule has 0 aliphatic carbocycles. The van der Waals surface area contributed by atoms with Crippen LogP contribution in [0.15, 0.2) is 24.3 Å². The van der Waals surface area contributed by atoms with Crippen LogP contribution in [-0.4, -0.2) is 11.0 Å². The van der Waals surface area contributed by atoms with E-state index in [4.69, 9.17) is 0 Å². The number of carbonyl (C=O) groups is 1. The lowest BCUT2D eigenvalue weighted by molar-refractivity contribution is -0.112. The Hall–Kier alpha value is -1.77. The summed E-state index contributed by atoms with van der Waals surface area (Å²) >= 11 is 0. The Bertz CT molecular complexity index is 670. The number of rotatable bonds is 4. The molecule has 0 atom stereocenters. The van der Waals surface area contributed by atoms with Crippen LogP contribution in [0.5, 0.6) is 5.75 Å². The van der Waals surface area contributed by atoms with E-state index in [0.29, 0.717) is 17.0 Å². The molecule has 3 heteroatoms. The van der Waals surface area contributed by atoms with Gasteiger partial charge in [0.1, 0.15) is 5.75 Å². The van der Waals surface area contributed by atoms with Crippen LogP contribution in [0.25, 0.3) is 0 Å². The van der Waals surface area contributed by atoms with Crippen molar-refractivity contribution in [1.29, 1.82) is 0 Å². The molecule has 0 saturated carbocycles. The number of carbonyl (C=O) groups excluding carboxylic acids is 1. The van der Waals surface area contributed by atoms with Gasteiger partial charge in [0.2, 0.25) is 0 Å². The van der Waals surface area contributed by atoms with Crippen molar-refractivity contribution in [3.63, 3.8) is 0 Å². The predicted molar refractivity (Wildman–Crippen MR) is 107 cm³/mol. The molecule has 25 heavy (non-hydrogen) atoms. The topological polar surface area (TPSA) is 49.3 Å². The molecule has 0 spiro atoms. The van der Waals surface area contributed by atoms with Gasteiger partial charge in [-0.25, -0.2) is 0 Å². The minimum atomic E-state index is -0.236. The zero-order valence-electron chi connectivity index (χ0n) is 17.4. The van der Waals surface area contributed by atoms with Crippen LogP contribution >= 0.6 is 0 Å². The molecular weight excluding hydrogens is 310 g/mol. The Balaban J connectivity index is 3.55. The molecule has 0 aliphatic rings. The number of phenols is 1. The van der Waals surface area contributed by atoms with Gasteiger partial charge in [-0.05, 0) is 41.7 Å². The van der Waals surface area contributed by atoms with E-state index in [2.05, 4.69) is 67.3 Å².